The van der Waals surface area contributed by atoms with E-state index in [2.05, 4.69) is 28.3 Å². The van der Waals surface area contributed by atoms with Gasteiger partial charge in [-0.05, 0) is 24.1 Å². The summed E-state index contributed by atoms with van der Waals surface area (Å²) in [6.45, 7) is 4.60. The molecule has 0 radical (unpaired) electrons. The van der Waals surface area contributed by atoms with Crippen molar-refractivity contribution in [2.24, 2.45) is 0 Å². The predicted octanol–water partition coefficient (Wildman–Crippen LogP) is 1.20. The molecular weight excluding hydrogens is 278 g/mol. The van der Waals surface area contributed by atoms with Crippen molar-refractivity contribution >= 4 is 6.03 Å². The molecule has 1 aliphatic rings. The number of hydrogen-bond acceptors (Lipinski definition) is 3. The number of carbonyl (C=O) groups is 1. The lowest BCUT2D eigenvalue weighted by atomic mass is 10.1. The van der Waals surface area contributed by atoms with Gasteiger partial charge in [-0.15, -0.1) is 6.42 Å². The summed E-state index contributed by atoms with van der Waals surface area (Å²) < 4.78 is 5.16. The SMILES string of the molecule is C#CCNC(=O)N1CCN(CCc2ccc(OC)cc2)CC1. The number of benzene rings is 1. The molecule has 0 spiro atoms. The molecule has 1 saturated heterocycles. The number of nitrogens with zero attached hydrogens (tertiary/aromatic N) is 2. The van der Waals surface area contributed by atoms with E-state index >= 15 is 0 Å². The number of nitrogens with one attached hydrogen (secondary N) is 1. The molecule has 1 aromatic rings. The monoisotopic (exact) mass is 301 g/mol. The fraction of sp³-hybridized carbons (Fsp3) is 0.471. The smallest absolute Gasteiger partial charge is 0.318 e. The highest BCUT2D eigenvalue weighted by molar-refractivity contribution is 5.74. The van der Waals surface area contributed by atoms with Crippen LogP contribution in [0.25, 0.3) is 0 Å². The van der Waals surface area contributed by atoms with Gasteiger partial charge in [-0.25, -0.2) is 4.79 Å². The Morgan fingerprint density at radius 1 is 1.27 bits per heavy atom. The number of piperazine rings is 1. The maximum Gasteiger partial charge on any atom is 0.318 e. The molecule has 0 aliphatic carbocycles. The van der Waals surface area contributed by atoms with Crippen molar-refractivity contribution in [1.29, 1.82) is 0 Å². The van der Waals surface area contributed by atoms with Crippen molar-refractivity contribution in [2.75, 3.05) is 46.4 Å². The lowest BCUT2D eigenvalue weighted by molar-refractivity contribution is 0.141. The zero-order chi connectivity index (χ0) is 15.8. The maximum atomic E-state index is 11.8. The highest BCUT2D eigenvalue weighted by atomic mass is 16.5. The summed E-state index contributed by atoms with van der Waals surface area (Å²) in [5, 5.41) is 2.71. The van der Waals surface area contributed by atoms with Crippen LogP contribution in [0.3, 0.4) is 0 Å². The van der Waals surface area contributed by atoms with E-state index in [0.29, 0.717) is 0 Å². The van der Waals surface area contributed by atoms with Crippen molar-refractivity contribution in [2.45, 2.75) is 6.42 Å². The highest BCUT2D eigenvalue weighted by Crippen LogP contribution is 2.12. The molecule has 118 valence electrons. The molecule has 1 N–H and O–H groups in total. The summed E-state index contributed by atoms with van der Waals surface area (Å²) >= 11 is 0. The van der Waals surface area contributed by atoms with Crippen LogP contribution in [0.5, 0.6) is 5.75 Å². The number of carbonyl (C=O) groups excluding carboxylic acids is 1. The Labute approximate surface area is 132 Å². The van der Waals surface area contributed by atoms with E-state index in [-0.39, 0.29) is 12.6 Å². The van der Waals surface area contributed by atoms with E-state index in [1.54, 1.807) is 7.11 Å². The van der Waals surface area contributed by atoms with Crippen molar-refractivity contribution in [3.8, 4) is 18.1 Å². The second-order valence-corrected chi connectivity index (χ2v) is 5.29. The number of rotatable bonds is 5. The van der Waals surface area contributed by atoms with Crippen LogP contribution in [0, 0.1) is 12.3 Å². The van der Waals surface area contributed by atoms with Crippen LogP contribution in [-0.2, 0) is 6.42 Å². The molecule has 5 heteroatoms. The molecule has 2 amide bonds. The highest BCUT2D eigenvalue weighted by Gasteiger charge is 2.20. The fourth-order valence-corrected chi connectivity index (χ4v) is 2.49. The molecule has 2 rings (SSSR count). The zero-order valence-electron chi connectivity index (χ0n) is 13.0. The van der Waals surface area contributed by atoms with Crippen molar-refractivity contribution < 1.29 is 9.53 Å². The van der Waals surface area contributed by atoms with Gasteiger partial charge in [0.2, 0.25) is 0 Å². The average Bonchev–Trinajstić information content (AvgIpc) is 2.58. The van der Waals surface area contributed by atoms with Gasteiger partial charge in [0.05, 0.1) is 13.7 Å². The van der Waals surface area contributed by atoms with Crippen LogP contribution >= 0.6 is 0 Å². The molecule has 0 atom stereocenters. The van der Waals surface area contributed by atoms with Crippen LogP contribution in [0.1, 0.15) is 5.56 Å². The van der Waals surface area contributed by atoms with Gasteiger partial charge in [-0.2, -0.15) is 0 Å². The number of terminal acetylenes is 1. The minimum Gasteiger partial charge on any atom is -0.497 e. The van der Waals surface area contributed by atoms with Crippen LogP contribution in [0.15, 0.2) is 24.3 Å². The van der Waals surface area contributed by atoms with Gasteiger partial charge >= 0.3 is 6.03 Å². The first-order chi connectivity index (χ1) is 10.7. The molecule has 0 saturated carbocycles. The molecule has 1 aliphatic heterocycles. The summed E-state index contributed by atoms with van der Waals surface area (Å²) in [4.78, 5) is 16.0. The molecule has 22 heavy (non-hydrogen) atoms. The van der Waals surface area contributed by atoms with E-state index in [4.69, 9.17) is 11.2 Å². The molecule has 0 unspecified atom stereocenters. The summed E-state index contributed by atoms with van der Waals surface area (Å²) in [6.07, 6.45) is 6.15. The lowest BCUT2D eigenvalue weighted by Crippen LogP contribution is -2.52. The minimum atomic E-state index is -0.0623. The Hall–Kier alpha value is -2.19. The molecule has 1 aromatic carbocycles. The van der Waals surface area contributed by atoms with Crippen molar-refractivity contribution in [3.63, 3.8) is 0 Å². The number of hydrogen-bond donors (Lipinski definition) is 1. The van der Waals surface area contributed by atoms with Gasteiger partial charge in [0.15, 0.2) is 0 Å². The second kappa shape index (κ2) is 8.30. The molecular formula is C17H23N3O2. The van der Waals surface area contributed by atoms with Crippen LogP contribution < -0.4 is 10.1 Å². The summed E-state index contributed by atoms with van der Waals surface area (Å²) in [5.74, 6) is 3.30. The fourth-order valence-electron chi connectivity index (χ4n) is 2.49. The molecule has 1 fully saturated rings. The first-order valence-corrected chi connectivity index (χ1v) is 7.54. The molecule has 0 bridgehead atoms. The molecule has 1 heterocycles. The van der Waals surface area contributed by atoms with E-state index in [9.17, 15) is 4.79 Å². The lowest BCUT2D eigenvalue weighted by Gasteiger charge is -2.34. The molecule has 0 aromatic heterocycles. The largest absolute Gasteiger partial charge is 0.497 e. The number of ether oxygens (including phenoxy) is 1. The normalized spacial score (nSPS) is 15.2. The van der Waals surface area contributed by atoms with Crippen molar-refractivity contribution in [1.82, 2.24) is 15.1 Å². The van der Waals surface area contributed by atoms with E-state index < -0.39 is 0 Å². The maximum absolute atomic E-state index is 11.8. The Bertz CT molecular complexity index is 514. The summed E-state index contributed by atoms with van der Waals surface area (Å²) in [6, 6.07) is 8.12. The van der Waals surface area contributed by atoms with Crippen LogP contribution in [-0.4, -0.2) is 62.2 Å². The first-order valence-electron chi connectivity index (χ1n) is 7.54. The Kier molecular flexibility index (Phi) is 6.11. The Morgan fingerprint density at radius 3 is 2.55 bits per heavy atom. The Morgan fingerprint density at radius 2 is 1.95 bits per heavy atom. The minimum absolute atomic E-state index is 0.0623. The third-order valence-electron chi connectivity index (χ3n) is 3.88. The van der Waals surface area contributed by atoms with E-state index in [1.165, 1.54) is 5.56 Å². The van der Waals surface area contributed by atoms with Gasteiger partial charge in [0, 0.05) is 32.7 Å². The van der Waals surface area contributed by atoms with Gasteiger partial charge in [-0.1, -0.05) is 18.1 Å². The second-order valence-electron chi connectivity index (χ2n) is 5.29. The van der Waals surface area contributed by atoms with Gasteiger partial charge in [-0.3, -0.25) is 4.90 Å². The zero-order valence-corrected chi connectivity index (χ0v) is 13.0. The topological polar surface area (TPSA) is 44.8 Å². The van der Waals surface area contributed by atoms with Crippen LogP contribution in [0.4, 0.5) is 4.79 Å². The number of urea groups is 1. The standard InChI is InChI=1S/C17H23N3O2/c1-3-9-18-17(21)20-13-11-19(12-14-20)10-8-15-4-6-16(22-2)7-5-15/h1,4-7H,8-14H2,2H3,(H,18,21). The van der Waals surface area contributed by atoms with Gasteiger partial charge in [0.1, 0.15) is 5.75 Å². The number of amides is 2. The quantitative estimate of drug-likeness (QED) is 0.831. The third kappa shape index (κ3) is 4.68. The summed E-state index contributed by atoms with van der Waals surface area (Å²) in [7, 11) is 1.67. The Balaban J connectivity index is 1.71. The summed E-state index contributed by atoms with van der Waals surface area (Å²) in [5.41, 5.74) is 1.30. The van der Waals surface area contributed by atoms with E-state index in [1.807, 2.05) is 17.0 Å². The average molecular weight is 301 g/mol. The third-order valence-corrected chi connectivity index (χ3v) is 3.88. The van der Waals surface area contributed by atoms with Crippen LogP contribution in [0.2, 0.25) is 0 Å². The number of methoxy groups -OCH3 is 1. The molecule has 5 nitrogen and oxygen atoms in total. The predicted molar refractivity (Wildman–Crippen MR) is 86.9 cm³/mol. The van der Waals surface area contributed by atoms with Gasteiger partial charge in [0.25, 0.3) is 0 Å². The first kappa shape index (κ1) is 16.2. The van der Waals surface area contributed by atoms with E-state index in [0.717, 1.165) is 44.9 Å². The van der Waals surface area contributed by atoms with Crippen molar-refractivity contribution in [3.05, 3.63) is 29.8 Å². The van der Waals surface area contributed by atoms with Gasteiger partial charge < -0.3 is 15.0 Å².